The number of halogens is 3. The minimum absolute atomic E-state index is 0.0455. The number of methoxy groups -OCH3 is 3. The summed E-state index contributed by atoms with van der Waals surface area (Å²) in [5.41, 5.74) is 0.685. The van der Waals surface area contributed by atoms with Crippen molar-refractivity contribution in [2.45, 2.75) is 422 Å². The number of ether oxygens (including phenoxy) is 14. The Kier molecular flexibility index (Phi) is 90.3. The summed E-state index contributed by atoms with van der Waals surface area (Å²) >= 11 is 0. The molecule has 15 rings (SSSR count). The molecule has 14 nitrogen and oxygen atoms in total. The smallest absolute Gasteiger partial charge is 0.246 e. The summed E-state index contributed by atoms with van der Waals surface area (Å²) in [6, 6.07) is 63.9. The van der Waals surface area contributed by atoms with Crippen molar-refractivity contribution in [3.8, 4) is 63.2 Å². The van der Waals surface area contributed by atoms with Crippen molar-refractivity contribution in [2.24, 2.45) is 0 Å². The summed E-state index contributed by atoms with van der Waals surface area (Å²) in [4.78, 5) is 0. The molecular formula is C113H209F3O14Si7. The average Bonchev–Trinajstić information content (AvgIpc) is 1.71. The molecule has 7 aromatic carbocycles. The Hall–Kier alpha value is -6.47. The molecule has 0 spiro atoms. The van der Waals surface area contributed by atoms with E-state index in [4.69, 9.17) is 66.3 Å². The first-order chi connectivity index (χ1) is 65.4. The van der Waals surface area contributed by atoms with Crippen LogP contribution in [0.1, 0.15) is 320 Å². The summed E-state index contributed by atoms with van der Waals surface area (Å²) in [5, 5.41) is 0. The highest BCUT2D eigenvalue weighted by Gasteiger charge is 2.36. The Labute approximate surface area is 861 Å². The topological polar surface area (TPSA) is 129 Å². The number of rotatable bonds is 15. The number of para-hydroxylation sites is 11. The molecular weight excluding hydrogens is 1830 g/mol. The number of alkyl halides is 3. The molecule has 0 unspecified atom stereocenters. The Balaban J connectivity index is -0.000000267. The summed E-state index contributed by atoms with van der Waals surface area (Å²) in [5.74, 6) is 7.64. The highest BCUT2D eigenvalue weighted by Crippen LogP contribution is 2.43. The number of hydrogen-bond donors (Lipinski definition) is 0. The zero-order valence-electron chi connectivity index (χ0n) is 95.6. The zero-order valence-corrected chi connectivity index (χ0v) is 110. The van der Waals surface area contributed by atoms with Crippen molar-refractivity contribution >= 4 is 71.7 Å². The normalized spacial score (nSPS) is 15.9. The molecule has 24 heteroatoms. The van der Waals surface area contributed by atoms with Crippen LogP contribution in [0.15, 0.2) is 188 Å². The molecule has 0 amide bonds. The zero-order chi connectivity index (χ0) is 107. The van der Waals surface area contributed by atoms with Gasteiger partial charge in [0.15, 0.2) is 46.0 Å². The van der Waals surface area contributed by atoms with Crippen LogP contribution in [0.3, 0.4) is 0 Å². The lowest BCUT2D eigenvalue weighted by Crippen LogP contribution is -2.34. The minimum atomic E-state index is -0.496. The predicted molar refractivity (Wildman–Crippen MR) is 617 cm³/mol. The molecule has 4 aliphatic heterocycles. The van der Waals surface area contributed by atoms with Crippen molar-refractivity contribution in [1.29, 1.82) is 0 Å². The summed E-state index contributed by atoms with van der Waals surface area (Å²) in [6.45, 7) is 60.0. The maximum absolute atomic E-state index is 9.50. The standard InChI is InChI=1S/C13H18O.C12H16O.C12H18O.4C9H10O2.C8H16O.C7H14O.C7H16O.2C3H10Si.2C2H6.3CH3F.5CH6Si/c1-13(10-6-3-7-11-13)14-12-8-4-2-5-9-12;1-12(9-5-6-10-12)13-11-7-3-2-4-8-11;1-4-10-12(2,3)13-11-8-6-5-7-9-11;4*1-9(2)10-7-5-3-4-6-8(7)11-9;1-8(9-2)6-4-3-5-7-8;1-7(8-2)5-3-4-6-7;1-5-6-7(2,3)8-4;2*1-2-3-4;10*1-2/h2,4-5,8-9H,3,6-7,10-11H2,1H3;2-4,7-8H,5-6,9-10H2,1H3;5-9H,4,10H2,1-3H3;4*3-6H,1-2H3;3-7H2,1-2H3;3-6H2,1-2H3;5-6H2,1-4H3;2*2-3H2,1,4H3;2*1-2H3;3*1H3;5*1-2H3. The molecule has 0 atom stereocenters. The van der Waals surface area contributed by atoms with Crippen molar-refractivity contribution in [1.82, 2.24) is 0 Å². The molecule has 7 aromatic rings. The summed E-state index contributed by atoms with van der Waals surface area (Å²) in [6.07, 6.45) is 30.5. The third kappa shape index (κ3) is 70.0. The van der Waals surface area contributed by atoms with Gasteiger partial charge in [-0.2, -0.15) is 0 Å². The van der Waals surface area contributed by atoms with E-state index in [9.17, 15) is 13.2 Å². The van der Waals surface area contributed by atoms with E-state index in [2.05, 4.69) is 116 Å². The fourth-order valence-corrected chi connectivity index (χ4v) is 13.8. The summed E-state index contributed by atoms with van der Waals surface area (Å²) in [7, 11) is 16.2. The van der Waals surface area contributed by atoms with Gasteiger partial charge in [-0.1, -0.05) is 268 Å². The van der Waals surface area contributed by atoms with Crippen LogP contribution >= 0.6 is 0 Å². The van der Waals surface area contributed by atoms with Gasteiger partial charge in [0.1, 0.15) is 34.1 Å². The third-order valence-corrected chi connectivity index (χ3v) is 23.0. The van der Waals surface area contributed by atoms with Crippen molar-refractivity contribution in [2.75, 3.05) is 42.9 Å². The molecule has 137 heavy (non-hydrogen) atoms. The molecule has 4 saturated carbocycles. The molecule has 8 aliphatic rings. The van der Waals surface area contributed by atoms with Crippen LogP contribution in [0.5, 0.6) is 63.2 Å². The Morgan fingerprint density at radius 3 is 0.591 bits per heavy atom. The van der Waals surface area contributed by atoms with E-state index in [1.54, 1.807) is 7.11 Å². The predicted octanol–water partition coefficient (Wildman–Crippen LogP) is 27.3. The second-order valence-corrected chi connectivity index (χ2v) is 37.4. The Bertz CT molecular complexity index is 3420. The molecule has 0 radical (unpaired) electrons. The monoisotopic (exact) mass is 2040 g/mol. The van der Waals surface area contributed by atoms with Gasteiger partial charge in [-0.05, 0) is 281 Å². The fourth-order valence-electron chi connectivity index (χ4n) is 13.8. The van der Waals surface area contributed by atoms with Gasteiger partial charge in [-0.25, -0.2) is 0 Å². The molecule has 0 saturated heterocycles. The average molecular weight is 2050 g/mol. The van der Waals surface area contributed by atoms with Gasteiger partial charge in [0.05, 0.1) is 38.3 Å². The van der Waals surface area contributed by atoms with Crippen molar-refractivity contribution in [3.63, 3.8) is 0 Å². The van der Waals surface area contributed by atoms with E-state index in [0.717, 1.165) is 82.5 Å². The largest absolute Gasteiger partial charge is 0.488 e. The first-order valence-corrected chi connectivity index (χ1v) is 65.1. The van der Waals surface area contributed by atoms with Gasteiger partial charge < -0.3 is 66.3 Å². The highest BCUT2D eigenvalue weighted by molar-refractivity contribution is 6.08. The van der Waals surface area contributed by atoms with Gasteiger partial charge in [-0.15, -0.1) is 0 Å². The second kappa shape index (κ2) is 86.2. The quantitative estimate of drug-likeness (QED) is 0.0903. The van der Waals surface area contributed by atoms with Crippen LogP contribution in [-0.4, -0.2) is 171 Å². The van der Waals surface area contributed by atoms with Gasteiger partial charge >= 0.3 is 0 Å². The first kappa shape index (κ1) is 144. The number of benzene rings is 7. The van der Waals surface area contributed by atoms with Crippen LogP contribution in [-0.2, 0) is 14.2 Å². The fraction of sp³-hybridized carbons (Fsp3) is 0.628. The van der Waals surface area contributed by atoms with E-state index in [1.165, 1.54) is 219 Å². The van der Waals surface area contributed by atoms with E-state index < -0.39 is 23.1 Å². The SMILES string of the molecule is CC.CC.CC1(C)Oc2ccccc2O1.CC1(C)Oc2ccccc2O1.CC1(C)Oc2ccccc2O1.CC1(C)Oc2ccccc2O1.CC1(Oc2ccccc2)CCCC1.CC1(Oc2ccccc2)CCCCC1.CCCC(C)(C)OC.CCCC(C)(C)Oc1ccccc1.CCC[SiH3].CCC[SiH3].CF.CF.CF.COC1(C)CCCC1.COC1(C)CCCCC1.C[SiH3].C[SiH3].C[SiH3].C[SiH3].C[SiH3]. The minimum Gasteiger partial charge on any atom is -0.488 e. The maximum Gasteiger partial charge on any atom is 0.246 e. The Morgan fingerprint density at radius 2 is 0.431 bits per heavy atom. The van der Waals surface area contributed by atoms with Crippen LogP contribution < -0.4 is 52.1 Å². The first-order valence-electron chi connectivity index (χ1n) is 52.3. The molecule has 4 heterocycles. The molecule has 4 aliphatic carbocycles. The lowest BCUT2D eigenvalue weighted by molar-refractivity contribution is -0.0437. The van der Waals surface area contributed by atoms with Gasteiger partial charge in [-0.3, -0.25) is 13.2 Å². The lowest BCUT2D eigenvalue weighted by Gasteiger charge is -2.34. The summed E-state index contributed by atoms with van der Waals surface area (Å²) < 4.78 is 106. The van der Waals surface area contributed by atoms with E-state index in [1.807, 2.05) is 285 Å². The molecule has 4 fully saturated rings. The highest BCUT2D eigenvalue weighted by atomic mass is 28.2. The van der Waals surface area contributed by atoms with Crippen LogP contribution in [0, 0.1) is 0 Å². The van der Waals surface area contributed by atoms with E-state index in [0.29, 0.717) is 21.5 Å². The molecule has 794 valence electrons. The number of hydrogen-bond acceptors (Lipinski definition) is 14. The molecule has 0 bridgehead atoms. The van der Waals surface area contributed by atoms with Crippen molar-refractivity contribution < 1.29 is 79.5 Å². The van der Waals surface area contributed by atoms with Crippen LogP contribution in [0.2, 0.25) is 44.8 Å². The van der Waals surface area contributed by atoms with Crippen LogP contribution in [0.25, 0.3) is 0 Å². The number of fused-ring (bicyclic) bond motifs is 4. The third-order valence-electron chi connectivity index (χ3n) is 21.0. The lowest BCUT2D eigenvalue weighted by atomic mass is 9.86. The van der Waals surface area contributed by atoms with Gasteiger partial charge in [0, 0.05) is 97.2 Å². The van der Waals surface area contributed by atoms with E-state index >= 15 is 0 Å². The maximum atomic E-state index is 9.50. The van der Waals surface area contributed by atoms with Crippen molar-refractivity contribution in [3.05, 3.63) is 188 Å². The molecule has 0 aromatic heterocycles. The second-order valence-electron chi connectivity index (χ2n) is 35.4. The molecule has 0 N–H and O–H groups in total. The van der Waals surface area contributed by atoms with Crippen LogP contribution in [0.4, 0.5) is 13.2 Å². The Morgan fingerprint density at radius 1 is 0.263 bits per heavy atom. The van der Waals surface area contributed by atoms with E-state index in [-0.39, 0.29) is 33.6 Å². The van der Waals surface area contributed by atoms with Gasteiger partial charge in [0.2, 0.25) is 23.1 Å². The van der Waals surface area contributed by atoms with Gasteiger partial charge in [0.25, 0.3) is 0 Å².